The van der Waals surface area contributed by atoms with Crippen molar-refractivity contribution in [3.8, 4) is 5.75 Å². The highest BCUT2D eigenvalue weighted by Gasteiger charge is 2.41. The first-order chi connectivity index (χ1) is 12.9. The molecule has 3 aromatic rings. The number of furan rings is 1. The van der Waals surface area contributed by atoms with E-state index in [1.807, 2.05) is 19.9 Å². The number of hydrogen-bond acceptors (Lipinski definition) is 5. The average Bonchev–Trinajstić information content (AvgIpc) is 3.03. The van der Waals surface area contributed by atoms with Crippen molar-refractivity contribution in [2.24, 2.45) is 5.18 Å². The Morgan fingerprint density at radius 1 is 1.19 bits per heavy atom. The highest BCUT2D eigenvalue weighted by atomic mass is 19.1. The zero-order chi connectivity index (χ0) is 19.2. The molecule has 1 aliphatic carbocycles. The van der Waals surface area contributed by atoms with Gasteiger partial charge in [-0.1, -0.05) is 5.18 Å². The van der Waals surface area contributed by atoms with Gasteiger partial charge >= 0.3 is 0 Å². The van der Waals surface area contributed by atoms with Gasteiger partial charge in [0.15, 0.2) is 5.78 Å². The molecule has 138 valence electrons. The maximum absolute atomic E-state index is 13.6. The molecule has 0 N–H and O–H groups in total. The third kappa shape index (κ3) is 2.72. The van der Waals surface area contributed by atoms with Crippen molar-refractivity contribution in [2.45, 2.75) is 25.7 Å². The van der Waals surface area contributed by atoms with E-state index < -0.39 is 11.2 Å². The van der Waals surface area contributed by atoms with Gasteiger partial charge < -0.3 is 9.15 Å². The first-order valence-corrected chi connectivity index (χ1v) is 8.77. The number of hydrogen-bond donors (Lipinski definition) is 0. The number of halogens is 1. The standard InChI is InChI=1S/C21H18FNO4/c1-21(2)16-11-13(26-9-3-8-23-25)5-7-14(16)19(24)18-15-6-4-12(22)10-17(15)27-20(18)21/h4-7,10-11H,3,8-9H2,1-2H3. The van der Waals surface area contributed by atoms with Crippen LogP contribution in [0.1, 0.15) is 47.5 Å². The topological polar surface area (TPSA) is 68.9 Å². The van der Waals surface area contributed by atoms with Gasteiger partial charge in [0, 0.05) is 28.9 Å². The molecular formula is C21H18FNO4. The van der Waals surface area contributed by atoms with Crippen molar-refractivity contribution in [3.63, 3.8) is 0 Å². The van der Waals surface area contributed by atoms with Crippen LogP contribution in [0.4, 0.5) is 4.39 Å². The predicted octanol–water partition coefficient (Wildman–Crippen LogP) is 4.98. The Hall–Kier alpha value is -3.02. The quantitative estimate of drug-likeness (QED) is 0.471. The molecule has 0 atom stereocenters. The Labute approximate surface area is 155 Å². The third-order valence-electron chi connectivity index (χ3n) is 5.02. The van der Waals surface area contributed by atoms with Gasteiger partial charge in [-0.15, -0.1) is 0 Å². The molecule has 0 spiro atoms. The van der Waals surface area contributed by atoms with E-state index in [1.165, 1.54) is 12.1 Å². The SMILES string of the molecule is CC1(C)c2cc(OCCCN=O)ccc2C(=O)c2c1oc1cc(F)ccc21. The average molecular weight is 367 g/mol. The molecule has 0 unspecified atom stereocenters. The number of rotatable bonds is 5. The van der Waals surface area contributed by atoms with Crippen molar-refractivity contribution in [1.82, 2.24) is 0 Å². The van der Waals surface area contributed by atoms with Crippen molar-refractivity contribution in [2.75, 3.05) is 13.2 Å². The second kappa shape index (κ2) is 6.30. The minimum Gasteiger partial charge on any atom is -0.494 e. The van der Waals surface area contributed by atoms with Crippen LogP contribution in [0.2, 0.25) is 0 Å². The van der Waals surface area contributed by atoms with Crippen LogP contribution in [0.5, 0.6) is 5.75 Å². The van der Waals surface area contributed by atoms with Gasteiger partial charge in [-0.2, -0.15) is 4.91 Å². The van der Waals surface area contributed by atoms with E-state index in [-0.39, 0.29) is 12.3 Å². The summed E-state index contributed by atoms with van der Waals surface area (Å²) in [5.74, 6) is 0.604. The van der Waals surface area contributed by atoms with Crippen molar-refractivity contribution in [1.29, 1.82) is 0 Å². The lowest BCUT2D eigenvalue weighted by atomic mass is 9.72. The minimum absolute atomic E-state index is 0.138. The Kier molecular flexibility index (Phi) is 4.06. The van der Waals surface area contributed by atoms with Crippen LogP contribution < -0.4 is 4.74 Å². The summed E-state index contributed by atoms with van der Waals surface area (Å²) in [6.07, 6.45) is 0.530. The Bertz CT molecular complexity index is 1070. The third-order valence-corrected chi connectivity index (χ3v) is 5.02. The van der Waals surface area contributed by atoms with Gasteiger partial charge in [-0.05, 0) is 49.7 Å². The van der Waals surface area contributed by atoms with Crippen LogP contribution in [-0.4, -0.2) is 18.9 Å². The normalized spacial score (nSPS) is 14.7. The van der Waals surface area contributed by atoms with Crippen LogP contribution in [0.15, 0.2) is 46.0 Å². The first-order valence-electron chi connectivity index (χ1n) is 8.77. The number of nitrogens with zero attached hydrogens (tertiary/aromatic N) is 1. The number of carbonyl (C=O) groups is 1. The summed E-state index contributed by atoms with van der Waals surface area (Å²) in [4.78, 5) is 23.3. The molecule has 6 heteroatoms. The maximum Gasteiger partial charge on any atom is 0.197 e. The lowest BCUT2D eigenvalue weighted by Crippen LogP contribution is -2.29. The first kappa shape index (κ1) is 17.4. The summed E-state index contributed by atoms with van der Waals surface area (Å²) in [5, 5.41) is 3.43. The summed E-state index contributed by atoms with van der Waals surface area (Å²) in [7, 11) is 0. The van der Waals surface area contributed by atoms with E-state index in [0.717, 1.165) is 5.56 Å². The molecule has 2 aromatic carbocycles. The molecule has 0 saturated heterocycles. The van der Waals surface area contributed by atoms with E-state index in [0.29, 0.717) is 46.6 Å². The Morgan fingerprint density at radius 3 is 2.78 bits per heavy atom. The number of ketones is 1. The van der Waals surface area contributed by atoms with Crippen LogP contribution in [-0.2, 0) is 5.41 Å². The molecule has 0 saturated carbocycles. The number of benzene rings is 2. The van der Waals surface area contributed by atoms with E-state index in [1.54, 1.807) is 18.2 Å². The van der Waals surface area contributed by atoms with Crippen LogP contribution >= 0.6 is 0 Å². The second-order valence-electron chi connectivity index (χ2n) is 7.16. The van der Waals surface area contributed by atoms with E-state index in [4.69, 9.17) is 9.15 Å². The van der Waals surface area contributed by atoms with Crippen LogP contribution in [0, 0.1) is 10.7 Å². The van der Waals surface area contributed by atoms with Gasteiger partial charge in [0.25, 0.3) is 0 Å². The fourth-order valence-electron chi connectivity index (χ4n) is 3.64. The van der Waals surface area contributed by atoms with E-state index in [2.05, 4.69) is 5.18 Å². The maximum atomic E-state index is 13.6. The van der Waals surface area contributed by atoms with Gasteiger partial charge in [0.2, 0.25) is 0 Å². The second-order valence-corrected chi connectivity index (χ2v) is 7.16. The highest BCUT2D eigenvalue weighted by Crippen LogP contribution is 2.46. The highest BCUT2D eigenvalue weighted by molar-refractivity contribution is 6.19. The van der Waals surface area contributed by atoms with Crippen molar-refractivity contribution in [3.05, 3.63) is 69.6 Å². The van der Waals surface area contributed by atoms with E-state index >= 15 is 0 Å². The van der Waals surface area contributed by atoms with E-state index in [9.17, 15) is 14.1 Å². The van der Waals surface area contributed by atoms with Gasteiger partial charge in [0.05, 0.1) is 18.7 Å². The summed E-state index contributed by atoms with van der Waals surface area (Å²) < 4.78 is 25.2. The monoisotopic (exact) mass is 367 g/mol. The van der Waals surface area contributed by atoms with Gasteiger partial charge in [-0.3, -0.25) is 4.79 Å². The molecule has 5 nitrogen and oxygen atoms in total. The minimum atomic E-state index is -0.586. The van der Waals surface area contributed by atoms with Crippen molar-refractivity contribution >= 4 is 16.8 Å². The summed E-state index contributed by atoms with van der Waals surface area (Å²) in [6.45, 7) is 4.51. The summed E-state index contributed by atoms with van der Waals surface area (Å²) in [6, 6.07) is 9.55. The molecule has 1 heterocycles. The molecule has 0 bridgehead atoms. The molecule has 0 radical (unpaired) electrons. The molecule has 0 amide bonds. The number of carbonyl (C=O) groups excluding carboxylic acids is 1. The molecule has 1 aliphatic rings. The zero-order valence-electron chi connectivity index (χ0n) is 15.0. The smallest absolute Gasteiger partial charge is 0.197 e. The number of ether oxygens (including phenoxy) is 1. The predicted molar refractivity (Wildman–Crippen MR) is 98.9 cm³/mol. The number of fused-ring (bicyclic) bond motifs is 4. The fraction of sp³-hybridized carbons (Fsp3) is 0.286. The summed E-state index contributed by atoms with van der Waals surface area (Å²) >= 11 is 0. The molecular weight excluding hydrogens is 349 g/mol. The van der Waals surface area contributed by atoms with Crippen LogP contribution in [0.3, 0.4) is 0 Å². The number of nitroso groups, excluding NO2 is 1. The summed E-state index contributed by atoms with van der Waals surface area (Å²) in [5.41, 5.74) is 1.66. The largest absolute Gasteiger partial charge is 0.494 e. The van der Waals surface area contributed by atoms with Gasteiger partial charge in [-0.25, -0.2) is 4.39 Å². The van der Waals surface area contributed by atoms with Gasteiger partial charge in [0.1, 0.15) is 22.9 Å². The molecule has 4 rings (SSSR count). The molecule has 0 aliphatic heterocycles. The van der Waals surface area contributed by atoms with Crippen molar-refractivity contribution < 1.29 is 18.3 Å². The Balaban J connectivity index is 1.79. The lowest BCUT2D eigenvalue weighted by molar-refractivity contribution is 0.102. The lowest BCUT2D eigenvalue weighted by Gasteiger charge is -2.30. The molecule has 27 heavy (non-hydrogen) atoms. The van der Waals surface area contributed by atoms with Crippen LogP contribution in [0.25, 0.3) is 11.0 Å². The molecule has 0 fully saturated rings. The molecule has 1 aromatic heterocycles. The Morgan fingerprint density at radius 2 is 2.00 bits per heavy atom. The zero-order valence-corrected chi connectivity index (χ0v) is 15.0. The fourth-order valence-corrected chi connectivity index (χ4v) is 3.64.